The van der Waals surface area contributed by atoms with Gasteiger partial charge in [0.2, 0.25) is 5.91 Å². The number of nitrogens with two attached hydrogens (primary N) is 1. The van der Waals surface area contributed by atoms with Crippen LogP contribution in [0.5, 0.6) is 0 Å². The first-order valence-electron chi connectivity index (χ1n) is 9.04. The number of amides is 1. The van der Waals surface area contributed by atoms with E-state index in [1.807, 2.05) is 12.1 Å². The molecule has 25 heavy (non-hydrogen) atoms. The molecule has 3 heteroatoms. The Morgan fingerprint density at radius 2 is 1.84 bits per heavy atom. The summed E-state index contributed by atoms with van der Waals surface area (Å²) < 4.78 is 2.31. The lowest BCUT2D eigenvalue weighted by molar-refractivity contribution is 0.100. The third-order valence-electron chi connectivity index (χ3n) is 5.07. The maximum atomic E-state index is 11.2. The van der Waals surface area contributed by atoms with E-state index in [2.05, 4.69) is 48.9 Å². The fourth-order valence-corrected chi connectivity index (χ4v) is 3.23. The van der Waals surface area contributed by atoms with Crippen molar-refractivity contribution in [2.24, 2.45) is 11.7 Å². The molecule has 0 radical (unpaired) electrons. The molecule has 2 N–H and O–H groups in total. The molecule has 1 atom stereocenters. The summed E-state index contributed by atoms with van der Waals surface area (Å²) in [6.07, 6.45) is 5.85. The Morgan fingerprint density at radius 3 is 2.52 bits per heavy atom. The number of hydrogen-bond acceptors (Lipinski definition) is 1. The van der Waals surface area contributed by atoms with Crippen molar-refractivity contribution in [1.82, 2.24) is 4.57 Å². The van der Waals surface area contributed by atoms with Gasteiger partial charge in [0.15, 0.2) is 0 Å². The van der Waals surface area contributed by atoms with E-state index in [0.717, 1.165) is 18.9 Å². The van der Waals surface area contributed by atoms with E-state index in [0.29, 0.717) is 5.56 Å². The highest BCUT2D eigenvalue weighted by Gasteiger charge is 2.10. The average Bonchev–Trinajstić information content (AvgIpc) is 2.98. The third-order valence-corrected chi connectivity index (χ3v) is 5.07. The summed E-state index contributed by atoms with van der Waals surface area (Å²) in [5.41, 5.74) is 9.72. The van der Waals surface area contributed by atoms with Gasteiger partial charge in [-0.05, 0) is 48.1 Å². The van der Waals surface area contributed by atoms with E-state index in [1.165, 1.54) is 34.9 Å². The van der Waals surface area contributed by atoms with Crippen LogP contribution in [0.4, 0.5) is 0 Å². The van der Waals surface area contributed by atoms with Gasteiger partial charge in [-0.1, -0.05) is 50.6 Å². The summed E-state index contributed by atoms with van der Waals surface area (Å²) in [4.78, 5) is 11.2. The minimum atomic E-state index is -0.384. The van der Waals surface area contributed by atoms with Crippen molar-refractivity contribution in [2.45, 2.75) is 39.7 Å². The Bertz CT molecular complexity index is 861. The molecular weight excluding hydrogens is 308 g/mol. The number of aryl methyl sites for hydroxylation is 1. The maximum Gasteiger partial charge on any atom is 0.248 e. The van der Waals surface area contributed by atoms with Crippen LogP contribution in [0.3, 0.4) is 0 Å². The topological polar surface area (TPSA) is 48.0 Å². The third kappa shape index (κ3) is 3.93. The minimum Gasteiger partial charge on any atom is -0.366 e. The highest BCUT2D eigenvalue weighted by atomic mass is 16.1. The van der Waals surface area contributed by atoms with Crippen molar-refractivity contribution in [3.63, 3.8) is 0 Å². The first-order valence-corrected chi connectivity index (χ1v) is 9.04. The molecule has 1 amide bonds. The first kappa shape index (κ1) is 17.3. The molecule has 3 rings (SSSR count). The molecule has 0 aliphatic heterocycles. The van der Waals surface area contributed by atoms with E-state index in [9.17, 15) is 4.79 Å². The van der Waals surface area contributed by atoms with E-state index in [-0.39, 0.29) is 5.91 Å². The van der Waals surface area contributed by atoms with Crippen LogP contribution in [-0.4, -0.2) is 10.5 Å². The molecule has 0 saturated heterocycles. The maximum absolute atomic E-state index is 11.2. The molecule has 1 unspecified atom stereocenters. The Hall–Kier alpha value is -2.55. The standard InChI is InChI=1S/C22H26N2O/c1-3-16(2)8-11-19-15-24(21-7-5-4-6-20(19)21)14-17-9-12-18(13-10-17)22(23)25/h4-7,9-10,12-13,15-16H,3,8,11,14H2,1-2H3,(H2,23,25). The van der Waals surface area contributed by atoms with Crippen LogP contribution >= 0.6 is 0 Å². The number of aromatic nitrogens is 1. The number of fused-ring (bicyclic) bond motifs is 1. The second-order valence-electron chi connectivity index (χ2n) is 6.91. The number of carbonyl (C=O) groups is 1. The van der Waals surface area contributed by atoms with E-state index in [1.54, 1.807) is 12.1 Å². The van der Waals surface area contributed by atoms with E-state index in [4.69, 9.17) is 5.73 Å². The highest BCUT2D eigenvalue weighted by molar-refractivity contribution is 5.92. The van der Waals surface area contributed by atoms with Crippen molar-refractivity contribution < 1.29 is 4.79 Å². The number of carbonyl (C=O) groups excluding carboxylic acids is 1. The van der Waals surface area contributed by atoms with Crippen LogP contribution in [0, 0.1) is 5.92 Å². The number of nitrogens with zero attached hydrogens (tertiary/aromatic N) is 1. The highest BCUT2D eigenvalue weighted by Crippen LogP contribution is 2.25. The van der Waals surface area contributed by atoms with Crippen molar-refractivity contribution in [1.29, 1.82) is 0 Å². The van der Waals surface area contributed by atoms with Gasteiger partial charge in [0.1, 0.15) is 0 Å². The Kier molecular flexibility index (Phi) is 5.22. The Labute approximate surface area is 149 Å². The summed E-state index contributed by atoms with van der Waals surface area (Å²) in [5.74, 6) is 0.369. The second kappa shape index (κ2) is 7.56. The molecule has 130 valence electrons. The second-order valence-corrected chi connectivity index (χ2v) is 6.91. The molecule has 0 spiro atoms. The zero-order chi connectivity index (χ0) is 17.8. The minimum absolute atomic E-state index is 0.384. The lowest BCUT2D eigenvalue weighted by Gasteiger charge is -2.07. The van der Waals surface area contributed by atoms with Crippen LogP contribution < -0.4 is 5.73 Å². The van der Waals surface area contributed by atoms with Gasteiger partial charge < -0.3 is 10.3 Å². The van der Waals surface area contributed by atoms with Gasteiger partial charge in [-0.25, -0.2) is 0 Å². The van der Waals surface area contributed by atoms with Crippen molar-refractivity contribution in [3.8, 4) is 0 Å². The number of para-hydroxylation sites is 1. The quantitative estimate of drug-likeness (QED) is 0.665. The first-order chi connectivity index (χ1) is 12.1. The zero-order valence-corrected chi connectivity index (χ0v) is 15.0. The molecule has 3 aromatic rings. The van der Waals surface area contributed by atoms with E-state index < -0.39 is 0 Å². The van der Waals surface area contributed by atoms with Gasteiger partial charge in [0.05, 0.1) is 0 Å². The molecule has 0 aliphatic rings. The van der Waals surface area contributed by atoms with Gasteiger partial charge >= 0.3 is 0 Å². The molecule has 0 bridgehead atoms. The Balaban J connectivity index is 1.87. The van der Waals surface area contributed by atoms with Crippen LogP contribution in [-0.2, 0) is 13.0 Å². The molecule has 3 nitrogen and oxygen atoms in total. The monoisotopic (exact) mass is 334 g/mol. The SMILES string of the molecule is CCC(C)CCc1cn(Cc2ccc(C(N)=O)cc2)c2ccccc12. The molecule has 0 saturated carbocycles. The predicted molar refractivity (Wildman–Crippen MR) is 104 cm³/mol. The molecule has 1 aromatic heterocycles. The van der Waals surface area contributed by atoms with Crippen molar-refractivity contribution >= 4 is 16.8 Å². The molecule has 1 heterocycles. The van der Waals surface area contributed by atoms with Gasteiger partial charge in [-0.3, -0.25) is 4.79 Å². The summed E-state index contributed by atoms with van der Waals surface area (Å²) >= 11 is 0. The molecule has 0 fully saturated rings. The smallest absolute Gasteiger partial charge is 0.248 e. The van der Waals surface area contributed by atoms with Crippen LogP contribution in [0.25, 0.3) is 10.9 Å². The van der Waals surface area contributed by atoms with E-state index >= 15 is 0 Å². The van der Waals surface area contributed by atoms with Crippen molar-refractivity contribution in [3.05, 3.63) is 71.4 Å². The number of rotatable bonds is 7. The van der Waals surface area contributed by atoms with Crippen molar-refractivity contribution in [2.75, 3.05) is 0 Å². The lowest BCUT2D eigenvalue weighted by Crippen LogP contribution is -2.10. The molecular formula is C22H26N2O. The fourth-order valence-electron chi connectivity index (χ4n) is 3.23. The summed E-state index contributed by atoms with van der Waals surface area (Å²) in [6.45, 7) is 5.37. The van der Waals surface area contributed by atoms with Gasteiger partial charge in [-0.15, -0.1) is 0 Å². The Morgan fingerprint density at radius 1 is 1.12 bits per heavy atom. The van der Waals surface area contributed by atoms with Crippen LogP contribution in [0.15, 0.2) is 54.7 Å². The summed E-state index contributed by atoms with van der Waals surface area (Å²) in [7, 11) is 0. The fraction of sp³-hybridized carbons (Fsp3) is 0.318. The lowest BCUT2D eigenvalue weighted by atomic mass is 9.99. The largest absolute Gasteiger partial charge is 0.366 e. The van der Waals surface area contributed by atoms with Gasteiger partial charge in [0, 0.05) is 29.2 Å². The predicted octanol–water partition coefficient (Wildman–Crippen LogP) is 4.77. The zero-order valence-electron chi connectivity index (χ0n) is 15.0. The molecule has 0 aliphatic carbocycles. The van der Waals surface area contributed by atoms with Crippen LogP contribution in [0.1, 0.15) is 48.2 Å². The number of primary amides is 1. The number of benzene rings is 2. The molecule has 2 aromatic carbocycles. The summed E-state index contributed by atoms with van der Waals surface area (Å²) in [5, 5.41) is 1.35. The number of hydrogen-bond donors (Lipinski definition) is 1. The van der Waals surface area contributed by atoms with Gasteiger partial charge in [0.25, 0.3) is 0 Å². The van der Waals surface area contributed by atoms with Gasteiger partial charge in [-0.2, -0.15) is 0 Å². The average molecular weight is 334 g/mol. The van der Waals surface area contributed by atoms with Crippen LogP contribution in [0.2, 0.25) is 0 Å². The summed E-state index contributed by atoms with van der Waals surface area (Å²) in [6, 6.07) is 16.2. The normalized spacial score (nSPS) is 12.4.